The molecule has 1 aromatic heterocycles. The van der Waals surface area contributed by atoms with E-state index in [9.17, 15) is 0 Å². The fourth-order valence-corrected chi connectivity index (χ4v) is 1.75. The molecule has 2 rings (SSSR count). The van der Waals surface area contributed by atoms with E-state index < -0.39 is 0 Å². The van der Waals surface area contributed by atoms with E-state index in [0.29, 0.717) is 12.5 Å². The Bertz CT molecular complexity index is 502. The Morgan fingerprint density at radius 2 is 2.00 bits per heavy atom. The van der Waals surface area contributed by atoms with Crippen LogP contribution in [0.25, 0.3) is 11.3 Å². The lowest BCUT2D eigenvalue weighted by Crippen LogP contribution is -2.01. The highest BCUT2D eigenvalue weighted by Crippen LogP contribution is 2.21. The number of H-pyrrole nitrogens is 1. The maximum atomic E-state index is 5.69. The Kier molecular flexibility index (Phi) is 4.58. The van der Waals surface area contributed by atoms with Gasteiger partial charge in [0.05, 0.1) is 12.3 Å². The Balaban J connectivity index is 1.97. The summed E-state index contributed by atoms with van der Waals surface area (Å²) in [4.78, 5) is 0. The Labute approximate surface area is 114 Å². The largest absolute Gasteiger partial charge is 0.494 e. The van der Waals surface area contributed by atoms with E-state index in [4.69, 9.17) is 10.5 Å². The van der Waals surface area contributed by atoms with Gasteiger partial charge in [-0.2, -0.15) is 5.10 Å². The lowest BCUT2D eigenvalue weighted by atomic mass is 10.1. The zero-order valence-corrected chi connectivity index (χ0v) is 11.5. The van der Waals surface area contributed by atoms with Gasteiger partial charge in [0.1, 0.15) is 5.75 Å². The fourth-order valence-electron chi connectivity index (χ4n) is 1.75. The number of hydrogen-bond acceptors (Lipinski definition) is 3. The number of aromatic nitrogens is 2. The zero-order valence-electron chi connectivity index (χ0n) is 11.5. The molecule has 0 atom stereocenters. The van der Waals surface area contributed by atoms with E-state index in [1.807, 2.05) is 30.3 Å². The molecule has 1 heterocycles. The minimum absolute atomic E-state index is 0.476. The van der Waals surface area contributed by atoms with Gasteiger partial charge in [0.15, 0.2) is 0 Å². The van der Waals surface area contributed by atoms with Crippen LogP contribution in [0.15, 0.2) is 30.3 Å². The van der Waals surface area contributed by atoms with E-state index in [2.05, 4.69) is 24.0 Å². The Morgan fingerprint density at radius 3 is 2.58 bits per heavy atom. The first kappa shape index (κ1) is 13.6. The molecule has 0 spiro atoms. The molecule has 19 heavy (non-hydrogen) atoms. The second-order valence-electron chi connectivity index (χ2n) is 5.04. The third-order valence-electron chi connectivity index (χ3n) is 2.96. The highest BCUT2D eigenvalue weighted by atomic mass is 16.5. The van der Waals surface area contributed by atoms with Crippen molar-refractivity contribution in [2.24, 2.45) is 11.7 Å². The van der Waals surface area contributed by atoms with Crippen LogP contribution in [0.4, 0.5) is 0 Å². The van der Waals surface area contributed by atoms with Gasteiger partial charge in [-0.25, -0.2) is 0 Å². The van der Waals surface area contributed by atoms with E-state index >= 15 is 0 Å². The summed E-state index contributed by atoms with van der Waals surface area (Å²) >= 11 is 0. The highest BCUT2D eigenvalue weighted by molar-refractivity contribution is 5.60. The molecule has 0 saturated heterocycles. The van der Waals surface area contributed by atoms with Gasteiger partial charge in [0.2, 0.25) is 0 Å². The van der Waals surface area contributed by atoms with Gasteiger partial charge in [-0.05, 0) is 42.7 Å². The summed E-state index contributed by atoms with van der Waals surface area (Å²) in [5.74, 6) is 1.57. The Morgan fingerprint density at radius 1 is 1.26 bits per heavy atom. The lowest BCUT2D eigenvalue weighted by molar-refractivity contribution is 0.289. The summed E-state index contributed by atoms with van der Waals surface area (Å²) in [7, 11) is 0. The average molecular weight is 259 g/mol. The van der Waals surface area contributed by atoms with Crippen LogP contribution in [0.3, 0.4) is 0 Å². The number of aromatic amines is 1. The quantitative estimate of drug-likeness (QED) is 0.838. The van der Waals surface area contributed by atoms with Crippen molar-refractivity contribution in [2.45, 2.75) is 26.8 Å². The van der Waals surface area contributed by atoms with Crippen LogP contribution in [0.5, 0.6) is 5.75 Å². The molecule has 0 aliphatic carbocycles. The number of benzene rings is 1. The maximum Gasteiger partial charge on any atom is 0.119 e. The summed E-state index contributed by atoms with van der Waals surface area (Å²) < 4.78 is 5.69. The van der Waals surface area contributed by atoms with E-state index in [1.165, 1.54) is 0 Å². The molecule has 0 aliphatic heterocycles. The molecule has 4 nitrogen and oxygen atoms in total. The molecule has 0 amide bonds. The molecule has 0 bridgehead atoms. The first-order valence-electron chi connectivity index (χ1n) is 6.66. The normalized spacial score (nSPS) is 10.9. The number of nitrogens with one attached hydrogen (secondary N) is 1. The lowest BCUT2D eigenvalue weighted by Gasteiger charge is -2.08. The molecule has 0 radical (unpaired) electrons. The van der Waals surface area contributed by atoms with Crippen molar-refractivity contribution < 1.29 is 4.74 Å². The predicted octanol–water partition coefficient (Wildman–Crippen LogP) is 2.96. The number of ether oxygens (including phenoxy) is 1. The minimum atomic E-state index is 0.476. The van der Waals surface area contributed by atoms with Crippen LogP contribution in [0, 0.1) is 5.92 Å². The average Bonchev–Trinajstić information content (AvgIpc) is 2.88. The van der Waals surface area contributed by atoms with Gasteiger partial charge in [0.25, 0.3) is 0 Å². The van der Waals surface area contributed by atoms with Crippen LogP contribution in [-0.2, 0) is 6.54 Å². The molecule has 1 aromatic carbocycles. The van der Waals surface area contributed by atoms with Crippen molar-refractivity contribution in [3.63, 3.8) is 0 Å². The molecule has 2 aromatic rings. The number of nitrogens with zero attached hydrogens (tertiary/aromatic N) is 1. The fraction of sp³-hybridized carbons (Fsp3) is 0.400. The Hall–Kier alpha value is -1.81. The van der Waals surface area contributed by atoms with Crippen molar-refractivity contribution in [3.8, 4) is 17.0 Å². The second-order valence-corrected chi connectivity index (χ2v) is 5.04. The van der Waals surface area contributed by atoms with E-state index in [1.54, 1.807) is 0 Å². The molecule has 3 N–H and O–H groups in total. The van der Waals surface area contributed by atoms with Crippen molar-refractivity contribution in [3.05, 3.63) is 36.0 Å². The summed E-state index contributed by atoms with van der Waals surface area (Å²) in [6.45, 7) is 5.62. The van der Waals surface area contributed by atoms with Gasteiger partial charge < -0.3 is 10.5 Å². The standard InChI is InChI=1S/C15H21N3O/c1-11(2)7-8-19-14-5-3-12(4-6-14)15-9-13(10-16)17-18-15/h3-6,9,11H,7-8,10,16H2,1-2H3,(H,17,18). The predicted molar refractivity (Wildman–Crippen MR) is 76.9 cm³/mol. The smallest absolute Gasteiger partial charge is 0.119 e. The summed E-state index contributed by atoms with van der Waals surface area (Å²) in [6, 6.07) is 9.95. The summed E-state index contributed by atoms with van der Waals surface area (Å²) in [5.41, 5.74) is 8.46. The summed E-state index contributed by atoms with van der Waals surface area (Å²) in [5, 5.41) is 7.14. The van der Waals surface area contributed by atoms with Crippen LogP contribution in [0.2, 0.25) is 0 Å². The van der Waals surface area contributed by atoms with Gasteiger partial charge in [-0.15, -0.1) is 0 Å². The minimum Gasteiger partial charge on any atom is -0.494 e. The van der Waals surface area contributed by atoms with Crippen molar-refractivity contribution >= 4 is 0 Å². The van der Waals surface area contributed by atoms with Gasteiger partial charge in [-0.1, -0.05) is 13.8 Å². The first-order valence-corrected chi connectivity index (χ1v) is 6.66. The molecule has 4 heteroatoms. The maximum absolute atomic E-state index is 5.69. The monoisotopic (exact) mass is 259 g/mol. The molecule has 102 valence electrons. The molecular formula is C15H21N3O. The zero-order chi connectivity index (χ0) is 13.7. The van der Waals surface area contributed by atoms with Crippen LogP contribution >= 0.6 is 0 Å². The molecule has 0 unspecified atom stereocenters. The van der Waals surface area contributed by atoms with Crippen LogP contribution in [0.1, 0.15) is 26.0 Å². The van der Waals surface area contributed by atoms with Gasteiger partial charge in [-0.3, -0.25) is 5.10 Å². The number of nitrogens with two attached hydrogens (primary N) is 1. The van der Waals surface area contributed by atoms with E-state index in [-0.39, 0.29) is 0 Å². The van der Waals surface area contributed by atoms with Gasteiger partial charge in [0, 0.05) is 17.8 Å². The molecule has 0 aliphatic rings. The number of hydrogen-bond donors (Lipinski definition) is 2. The van der Waals surface area contributed by atoms with E-state index in [0.717, 1.165) is 35.7 Å². The van der Waals surface area contributed by atoms with Crippen molar-refractivity contribution in [1.29, 1.82) is 0 Å². The molecular weight excluding hydrogens is 238 g/mol. The highest BCUT2D eigenvalue weighted by Gasteiger charge is 2.03. The molecule has 0 fully saturated rings. The summed E-state index contributed by atoms with van der Waals surface area (Å²) in [6.07, 6.45) is 1.07. The van der Waals surface area contributed by atoms with Gasteiger partial charge >= 0.3 is 0 Å². The third-order valence-corrected chi connectivity index (χ3v) is 2.96. The topological polar surface area (TPSA) is 63.9 Å². The second kappa shape index (κ2) is 6.38. The SMILES string of the molecule is CC(C)CCOc1ccc(-c2cc(CN)[nH]n2)cc1. The van der Waals surface area contributed by atoms with Crippen molar-refractivity contribution in [2.75, 3.05) is 6.61 Å². The first-order chi connectivity index (χ1) is 9.19. The van der Waals surface area contributed by atoms with Crippen molar-refractivity contribution in [1.82, 2.24) is 10.2 Å². The van der Waals surface area contributed by atoms with Crippen LogP contribution in [-0.4, -0.2) is 16.8 Å². The molecule has 0 saturated carbocycles. The third kappa shape index (κ3) is 3.83. The number of rotatable bonds is 6. The van der Waals surface area contributed by atoms with Crippen LogP contribution < -0.4 is 10.5 Å².